The molecule has 0 saturated heterocycles. The molecule has 0 aliphatic rings. The molecule has 1 aromatic carbocycles. The molecule has 1 rings (SSSR count). The lowest BCUT2D eigenvalue weighted by molar-refractivity contribution is -0.137. The number of aryl methyl sites for hydroxylation is 1. The first-order valence-electron chi connectivity index (χ1n) is 6.78. The van der Waals surface area contributed by atoms with Gasteiger partial charge in [-0.2, -0.15) is 13.2 Å². The monoisotopic (exact) mass is 303 g/mol. The van der Waals surface area contributed by atoms with Crippen LogP contribution < -0.4 is 0 Å². The third kappa shape index (κ3) is 6.16. The van der Waals surface area contributed by atoms with Gasteiger partial charge in [0.2, 0.25) is 5.91 Å². The first-order chi connectivity index (χ1) is 9.70. The van der Waals surface area contributed by atoms with E-state index in [0.29, 0.717) is 24.9 Å². The van der Waals surface area contributed by atoms with Gasteiger partial charge < -0.3 is 10.0 Å². The highest BCUT2D eigenvalue weighted by Gasteiger charge is 2.29. The topological polar surface area (TPSA) is 40.5 Å². The van der Waals surface area contributed by atoms with E-state index in [1.807, 2.05) is 0 Å². The molecule has 1 amide bonds. The summed E-state index contributed by atoms with van der Waals surface area (Å²) in [5, 5.41) is 9.15. The Morgan fingerprint density at radius 3 is 2.33 bits per heavy atom. The Balaban J connectivity index is 2.46. The van der Waals surface area contributed by atoms with Crippen LogP contribution in [0.1, 0.15) is 30.9 Å². The molecule has 6 heteroatoms. The predicted molar refractivity (Wildman–Crippen MR) is 73.7 cm³/mol. The SMILES string of the molecule is CC(O)CCN(C)C(=O)CCc1ccc(C(F)(F)F)cc1. The van der Waals surface area contributed by atoms with E-state index in [-0.39, 0.29) is 12.3 Å². The van der Waals surface area contributed by atoms with Crippen LogP contribution in [0.25, 0.3) is 0 Å². The fraction of sp³-hybridized carbons (Fsp3) is 0.533. The standard InChI is InChI=1S/C15H20F3NO2/c1-11(20)9-10-19(2)14(21)8-5-12-3-6-13(7-4-12)15(16,17)18/h3-4,6-7,11,20H,5,8-10H2,1-2H3. The van der Waals surface area contributed by atoms with Crippen LogP contribution >= 0.6 is 0 Å². The number of hydrogen-bond donors (Lipinski definition) is 1. The molecule has 0 saturated carbocycles. The summed E-state index contributed by atoms with van der Waals surface area (Å²) in [5.74, 6) is -0.0875. The van der Waals surface area contributed by atoms with Crippen LogP contribution in [0.4, 0.5) is 13.2 Å². The van der Waals surface area contributed by atoms with Gasteiger partial charge in [-0.3, -0.25) is 4.79 Å². The van der Waals surface area contributed by atoms with Crippen molar-refractivity contribution in [3.63, 3.8) is 0 Å². The summed E-state index contributed by atoms with van der Waals surface area (Å²) in [6, 6.07) is 4.84. The van der Waals surface area contributed by atoms with Crippen molar-refractivity contribution >= 4 is 5.91 Å². The fourth-order valence-corrected chi connectivity index (χ4v) is 1.81. The number of benzene rings is 1. The molecule has 0 radical (unpaired) electrons. The molecular formula is C15H20F3NO2. The predicted octanol–water partition coefficient (Wildman–Crippen LogP) is 2.87. The molecule has 1 unspecified atom stereocenters. The molecule has 0 fully saturated rings. The lowest BCUT2D eigenvalue weighted by atomic mass is 10.1. The Bertz CT molecular complexity index is 455. The molecule has 0 aliphatic heterocycles. The summed E-state index contributed by atoms with van der Waals surface area (Å²) in [6.07, 6.45) is -3.66. The number of halogens is 3. The van der Waals surface area contributed by atoms with Crippen molar-refractivity contribution in [1.82, 2.24) is 4.90 Å². The fourth-order valence-electron chi connectivity index (χ4n) is 1.81. The number of alkyl halides is 3. The van der Waals surface area contributed by atoms with Crippen molar-refractivity contribution in [2.45, 2.75) is 38.5 Å². The molecular weight excluding hydrogens is 283 g/mol. The molecule has 0 bridgehead atoms. The van der Waals surface area contributed by atoms with Crippen LogP contribution in [0.15, 0.2) is 24.3 Å². The van der Waals surface area contributed by atoms with Gasteiger partial charge in [-0.15, -0.1) is 0 Å². The van der Waals surface area contributed by atoms with E-state index in [9.17, 15) is 18.0 Å². The smallest absolute Gasteiger partial charge is 0.393 e. The van der Waals surface area contributed by atoms with Crippen molar-refractivity contribution in [2.24, 2.45) is 0 Å². The van der Waals surface area contributed by atoms with E-state index in [4.69, 9.17) is 5.11 Å². The largest absolute Gasteiger partial charge is 0.416 e. The molecule has 0 spiro atoms. The van der Waals surface area contributed by atoms with Gasteiger partial charge in [0.15, 0.2) is 0 Å². The van der Waals surface area contributed by atoms with Gasteiger partial charge in [0.1, 0.15) is 0 Å². The van der Waals surface area contributed by atoms with Crippen LogP contribution in [0, 0.1) is 0 Å². The van der Waals surface area contributed by atoms with Gasteiger partial charge in [-0.1, -0.05) is 12.1 Å². The minimum Gasteiger partial charge on any atom is -0.393 e. The lowest BCUT2D eigenvalue weighted by Gasteiger charge is -2.18. The summed E-state index contributed by atoms with van der Waals surface area (Å²) < 4.78 is 37.2. The maximum Gasteiger partial charge on any atom is 0.416 e. The summed E-state index contributed by atoms with van der Waals surface area (Å²) in [5.41, 5.74) is 0.00639. The van der Waals surface area contributed by atoms with Crippen molar-refractivity contribution in [1.29, 1.82) is 0 Å². The third-order valence-corrected chi connectivity index (χ3v) is 3.22. The first kappa shape index (κ1) is 17.5. The quantitative estimate of drug-likeness (QED) is 0.878. The van der Waals surface area contributed by atoms with E-state index in [2.05, 4.69) is 0 Å². The average Bonchev–Trinajstić information content (AvgIpc) is 2.41. The number of nitrogens with zero attached hydrogens (tertiary/aromatic N) is 1. The number of carbonyl (C=O) groups is 1. The molecule has 3 nitrogen and oxygen atoms in total. The van der Waals surface area contributed by atoms with Gasteiger partial charge in [-0.25, -0.2) is 0 Å². The van der Waals surface area contributed by atoms with E-state index in [0.717, 1.165) is 12.1 Å². The van der Waals surface area contributed by atoms with Gasteiger partial charge in [0.25, 0.3) is 0 Å². The zero-order chi connectivity index (χ0) is 16.0. The second-order valence-electron chi connectivity index (χ2n) is 5.15. The number of carbonyl (C=O) groups excluding carboxylic acids is 1. The van der Waals surface area contributed by atoms with E-state index in [1.54, 1.807) is 14.0 Å². The summed E-state index contributed by atoms with van der Waals surface area (Å²) in [6.45, 7) is 2.12. The summed E-state index contributed by atoms with van der Waals surface area (Å²) >= 11 is 0. The number of rotatable bonds is 6. The summed E-state index contributed by atoms with van der Waals surface area (Å²) in [4.78, 5) is 13.3. The molecule has 0 aliphatic carbocycles. The maximum atomic E-state index is 12.4. The Hall–Kier alpha value is -1.56. The zero-order valence-corrected chi connectivity index (χ0v) is 12.2. The van der Waals surface area contributed by atoms with Gasteiger partial charge >= 0.3 is 6.18 Å². The first-order valence-corrected chi connectivity index (χ1v) is 6.78. The third-order valence-electron chi connectivity index (χ3n) is 3.22. The molecule has 0 heterocycles. The van der Waals surface area contributed by atoms with E-state index >= 15 is 0 Å². The Labute approximate surface area is 122 Å². The van der Waals surface area contributed by atoms with Crippen molar-refractivity contribution in [2.75, 3.05) is 13.6 Å². The molecule has 1 aromatic rings. The van der Waals surface area contributed by atoms with Crippen molar-refractivity contribution in [3.05, 3.63) is 35.4 Å². The average molecular weight is 303 g/mol. The van der Waals surface area contributed by atoms with E-state index in [1.165, 1.54) is 17.0 Å². The van der Waals surface area contributed by atoms with Crippen LogP contribution in [0.3, 0.4) is 0 Å². The summed E-state index contributed by atoms with van der Waals surface area (Å²) in [7, 11) is 1.65. The molecule has 1 atom stereocenters. The van der Waals surface area contributed by atoms with E-state index < -0.39 is 17.8 Å². The highest BCUT2D eigenvalue weighted by atomic mass is 19.4. The molecule has 21 heavy (non-hydrogen) atoms. The van der Waals surface area contributed by atoms with Gasteiger partial charge in [0, 0.05) is 20.0 Å². The Morgan fingerprint density at radius 1 is 1.29 bits per heavy atom. The minimum atomic E-state index is -4.34. The zero-order valence-electron chi connectivity index (χ0n) is 12.2. The molecule has 118 valence electrons. The highest BCUT2D eigenvalue weighted by Crippen LogP contribution is 2.29. The van der Waals surface area contributed by atoms with Crippen LogP contribution in [-0.4, -0.2) is 35.6 Å². The number of hydrogen-bond acceptors (Lipinski definition) is 2. The minimum absolute atomic E-state index is 0.0875. The van der Waals surface area contributed by atoms with Crippen LogP contribution in [0.5, 0.6) is 0 Å². The van der Waals surface area contributed by atoms with Crippen LogP contribution in [-0.2, 0) is 17.4 Å². The van der Waals surface area contributed by atoms with Crippen molar-refractivity contribution in [3.8, 4) is 0 Å². The number of aliphatic hydroxyl groups is 1. The van der Waals surface area contributed by atoms with Gasteiger partial charge in [0.05, 0.1) is 11.7 Å². The Kier molecular flexibility index (Phi) is 6.20. The maximum absolute atomic E-state index is 12.4. The second-order valence-corrected chi connectivity index (χ2v) is 5.15. The number of aliphatic hydroxyl groups excluding tert-OH is 1. The van der Waals surface area contributed by atoms with Gasteiger partial charge in [-0.05, 0) is 37.5 Å². The highest BCUT2D eigenvalue weighted by molar-refractivity contribution is 5.76. The second kappa shape index (κ2) is 7.45. The normalized spacial score (nSPS) is 13.0. The molecule has 0 aromatic heterocycles. The lowest BCUT2D eigenvalue weighted by Crippen LogP contribution is -2.29. The van der Waals surface area contributed by atoms with Crippen molar-refractivity contribution < 1.29 is 23.1 Å². The number of amides is 1. The van der Waals surface area contributed by atoms with Crippen LogP contribution in [0.2, 0.25) is 0 Å². The molecule has 1 N–H and O–H groups in total. The Morgan fingerprint density at radius 2 is 1.86 bits per heavy atom.